The van der Waals surface area contributed by atoms with E-state index in [1.165, 1.54) is 36.4 Å². The summed E-state index contributed by atoms with van der Waals surface area (Å²) >= 11 is 12.3. The van der Waals surface area contributed by atoms with Crippen molar-refractivity contribution in [2.24, 2.45) is 0 Å². The van der Waals surface area contributed by atoms with E-state index in [-0.39, 0.29) is 33.7 Å². The van der Waals surface area contributed by atoms with Crippen molar-refractivity contribution in [1.82, 2.24) is 34.4 Å². The first-order chi connectivity index (χ1) is 21.7. The van der Waals surface area contributed by atoms with Crippen LogP contribution in [-0.4, -0.2) is 70.8 Å². The smallest absolute Gasteiger partial charge is 0.382 e. The molecule has 0 bridgehead atoms. The Hall–Kier alpha value is -3.93. The highest BCUT2D eigenvalue weighted by Crippen LogP contribution is 2.27. The van der Waals surface area contributed by atoms with Crippen LogP contribution in [0.15, 0.2) is 53.3 Å². The van der Waals surface area contributed by atoms with E-state index in [9.17, 15) is 41.0 Å². The molecule has 254 valence electrons. The average molecular weight is 710 g/mol. The molecule has 2 N–H and O–H groups in total. The summed E-state index contributed by atoms with van der Waals surface area (Å²) in [5.74, 6) is -3.06. The number of ether oxygens (including phenoxy) is 1. The van der Waals surface area contributed by atoms with E-state index in [1.807, 2.05) is 5.32 Å². The number of halogens is 8. The molecule has 4 rings (SSSR count). The summed E-state index contributed by atoms with van der Waals surface area (Å²) in [4.78, 5) is 29.7. The Morgan fingerprint density at radius 3 is 2.21 bits per heavy atom. The summed E-state index contributed by atoms with van der Waals surface area (Å²) in [7, 11) is 0. The minimum atomic E-state index is -5.27. The number of benzene rings is 2. The van der Waals surface area contributed by atoms with Crippen molar-refractivity contribution in [3.63, 3.8) is 0 Å². The van der Waals surface area contributed by atoms with Gasteiger partial charge in [0.15, 0.2) is 23.6 Å². The van der Waals surface area contributed by atoms with Crippen LogP contribution in [0, 0.1) is 0 Å². The Bertz CT molecular complexity index is 1780. The predicted octanol–water partition coefficient (Wildman–Crippen LogP) is 5.11. The number of aromatic nitrogens is 6. The van der Waals surface area contributed by atoms with E-state index in [4.69, 9.17) is 27.9 Å². The second kappa shape index (κ2) is 13.7. The molecule has 4 aromatic rings. The van der Waals surface area contributed by atoms with Gasteiger partial charge in [0.2, 0.25) is 0 Å². The van der Waals surface area contributed by atoms with Gasteiger partial charge >= 0.3 is 23.9 Å². The number of aliphatic hydroxyl groups excluding tert-OH is 1. The number of hydrogen-bond donors (Lipinski definition) is 2. The van der Waals surface area contributed by atoms with Gasteiger partial charge in [-0.25, -0.2) is 19.1 Å². The van der Waals surface area contributed by atoms with Crippen LogP contribution in [0.25, 0.3) is 17.1 Å². The van der Waals surface area contributed by atoms with Gasteiger partial charge in [-0.05, 0) is 57.2 Å². The Balaban J connectivity index is 1.84. The maximum absolute atomic E-state index is 13.4. The molecule has 0 radical (unpaired) electrons. The first-order valence-electron chi connectivity index (χ1n) is 13.7. The van der Waals surface area contributed by atoms with Crippen molar-refractivity contribution in [2.45, 2.75) is 64.0 Å². The molecule has 1 amide bonds. The lowest BCUT2D eigenvalue weighted by Crippen LogP contribution is -2.42. The molecule has 0 aliphatic carbocycles. The molecule has 47 heavy (non-hydrogen) atoms. The van der Waals surface area contributed by atoms with Crippen molar-refractivity contribution in [3.8, 4) is 17.1 Å². The van der Waals surface area contributed by atoms with Crippen LogP contribution >= 0.6 is 23.2 Å². The van der Waals surface area contributed by atoms with Gasteiger partial charge in [-0.15, -0.1) is 10.2 Å². The number of carbonyl (C=O) groups is 1. The van der Waals surface area contributed by atoms with Crippen LogP contribution in [-0.2, 0) is 22.6 Å². The normalized spacial score (nSPS) is 13.9. The monoisotopic (exact) mass is 709 g/mol. The molecular formula is C28H27Cl2F6N7O4. The standard InChI is InChI=1S/C28H27Cl2F6N7O4/c1-26(2,3)47-14-18(37-24(45)28(34,35)36)23-38-21(39-43(23)19-7-5-4-6-17(19)30)13-42-25(46)41(12-20(44)27(31,32)33)22(40-42)15-8-10-16(29)11-9-15/h4-11,18,20,44H,12-14H2,1-3H3,(H,37,45). The summed E-state index contributed by atoms with van der Waals surface area (Å²) in [6.07, 6.45) is -13.3. The molecule has 11 nitrogen and oxygen atoms in total. The molecule has 2 heterocycles. The first kappa shape index (κ1) is 35.9. The van der Waals surface area contributed by atoms with Crippen LogP contribution in [0.2, 0.25) is 10.0 Å². The van der Waals surface area contributed by atoms with Gasteiger partial charge in [-0.3, -0.25) is 9.36 Å². The fourth-order valence-electron chi connectivity index (χ4n) is 4.15. The molecule has 0 aliphatic rings. The van der Waals surface area contributed by atoms with Gasteiger partial charge in [0.25, 0.3) is 0 Å². The first-order valence-corrected chi connectivity index (χ1v) is 14.4. The number of hydrogen-bond acceptors (Lipinski definition) is 7. The molecule has 0 saturated heterocycles. The average Bonchev–Trinajstić information content (AvgIpc) is 3.51. The van der Waals surface area contributed by atoms with Crippen LogP contribution in [0.1, 0.15) is 38.5 Å². The number of carbonyl (C=O) groups excluding carboxylic acids is 1. The molecule has 2 aromatic carbocycles. The van der Waals surface area contributed by atoms with Gasteiger partial charge in [-0.2, -0.15) is 26.3 Å². The zero-order chi connectivity index (χ0) is 34.9. The highest BCUT2D eigenvalue weighted by molar-refractivity contribution is 6.32. The van der Waals surface area contributed by atoms with E-state index in [0.29, 0.717) is 9.59 Å². The van der Waals surface area contributed by atoms with Gasteiger partial charge < -0.3 is 15.2 Å². The van der Waals surface area contributed by atoms with Crippen LogP contribution in [0.3, 0.4) is 0 Å². The molecule has 0 saturated carbocycles. The minimum absolute atomic E-state index is 0.0930. The van der Waals surface area contributed by atoms with Crippen molar-refractivity contribution < 1.29 is 41.0 Å². The van der Waals surface area contributed by atoms with Gasteiger partial charge in [-0.1, -0.05) is 35.3 Å². The number of aliphatic hydroxyl groups is 1. The molecule has 19 heteroatoms. The topological polar surface area (TPSA) is 129 Å². The minimum Gasteiger partial charge on any atom is -0.382 e. The molecule has 2 atom stereocenters. The largest absolute Gasteiger partial charge is 0.471 e. The van der Waals surface area contributed by atoms with E-state index in [2.05, 4.69) is 15.2 Å². The van der Waals surface area contributed by atoms with Crippen LogP contribution in [0.4, 0.5) is 26.3 Å². The maximum atomic E-state index is 13.4. The summed E-state index contributed by atoms with van der Waals surface area (Å²) in [6, 6.07) is 10.1. The quantitative estimate of drug-likeness (QED) is 0.219. The number of amides is 1. The Kier molecular flexibility index (Phi) is 10.4. The third kappa shape index (κ3) is 8.91. The van der Waals surface area contributed by atoms with E-state index < -0.39 is 61.4 Å². The lowest BCUT2D eigenvalue weighted by molar-refractivity contribution is -0.207. The SMILES string of the molecule is CC(C)(C)OCC(NC(=O)C(F)(F)F)c1nc(Cn2nc(-c3ccc(Cl)cc3)n(CC(O)C(F)(F)F)c2=O)nn1-c1ccccc1Cl. The van der Waals surface area contributed by atoms with Crippen molar-refractivity contribution in [3.05, 3.63) is 80.7 Å². The molecule has 0 spiro atoms. The summed E-state index contributed by atoms with van der Waals surface area (Å²) in [5, 5.41) is 20.5. The van der Waals surface area contributed by atoms with Crippen LogP contribution in [0.5, 0.6) is 0 Å². The van der Waals surface area contributed by atoms with Gasteiger partial charge in [0.05, 0.1) is 29.5 Å². The molecule has 2 aromatic heterocycles. The second-order valence-electron chi connectivity index (χ2n) is 11.1. The lowest BCUT2D eigenvalue weighted by atomic mass is 10.2. The third-order valence-electron chi connectivity index (χ3n) is 6.36. The molecule has 0 aliphatic heterocycles. The van der Waals surface area contributed by atoms with Crippen molar-refractivity contribution in [1.29, 1.82) is 0 Å². The number of nitrogens with one attached hydrogen (secondary N) is 1. The van der Waals surface area contributed by atoms with E-state index in [0.717, 1.165) is 9.36 Å². The summed E-state index contributed by atoms with van der Waals surface area (Å²) in [5.41, 5.74) is -1.63. The highest BCUT2D eigenvalue weighted by Gasteiger charge is 2.42. The molecule has 2 unspecified atom stereocenters. The Morgan fingerprint density at radius 2 is 1.64 bits per heavy atom. The second-order valence-corrected chi connectivity index (χ2v) is 12.0. The Labute approximate surface area is 272 Å². The Morgan fingerprint density at radius 1 is 1.00 bits per heavy atom. The van der Waals surface area contributed by atoms with Gasteiger partial charge in [0, 0.05) is 10.6 Å². The summed E-state index contributed by atoms with van der Waals surface area (Å²) < 4.78 is 87.9. The van der Waals surface area contributed by atoms with Crippen molar-refractivity contribution in [2.75, 3.05) is 6.61 Å². The maximum Gasteiger partial charge on any atom is 0.471 e. The fraction of sp³-hybridized carbons (Fsp3) is 0.393. The van der Waals surface area contributed by atoms with E-state index >= 15 is 0 Å². The zero-order valence-electron chi connectivity index (χ0n) is 24.8. The molecule has 0 fully saturated rings. The summed E-state index contributed by atoms with van der Waals surface area (Å²) in [6.45, 7) is 2.60. The zero-order valence-corrected chi connectivity index (χ0v) is 26.3. The number of rotatable bonds is 10. The highest BCUT2D eigenvalue weighted by atomic mass is 35.5. The van der Waals surface area contributed by atoms with Crippen molar-refractivity contribution >= 4 is 29.1 Å². The fourth-order valence-corrected chi connectivity index (χ4v) is 4.49. The van der Waals surface area contributed by atoms with Crippen LogP contribution < -0.4 is 11.0 Å². The predicted molar refractivity (Wildman–Crippen MR) is 157 cm³/mol. The number of nitrogens with zero attached hydrogens (tertiary/aromatic N) is 6. The van der Waals surface area contributed by atoms with Gasteiger partial charge in [0.1, 0.15) is 12.6 Å². The number of para-hydroxylation sites is 1. The number of alkyl halides is 6. The molecular weight excluding hydrogens is 683 g/mol. The lowest BCUT2D eigenvalue weighted by Gasteiger charge is -2.25. The van der Waals surface area contributed by atoms with E-state index in [1.54, 1.807) is 32.9 Å². The third-order valence-corrected chi connectivity index (χ3v) is 6.94.